The Morgan fingerprint density at radius 1 is 1.34 bits per heavy atom. The van der Waals surface area contributed by atoms with Crippen molar-refractivity contribution >= 4 is 16.5 Å². The van der Waals surface area contributed by atoms with Gasteiger partial charge in [0.1, 0.15) is 5.76 Å². The van der Waals surface area contributed by atoms with Crippen LogP contribution in [0, 0.1) is 25.7 Å². The van der Waals surface area contributed by atoms with Crippen molar-refractivity contribution < 1.29 is 27.6 Å². The van der Waals surface area contributed by atoms with Gasteiger partial charge in [0.2, 0.25) is 10.0 Å². The SMILES string of the molecule is Cc1noc(C)c1CN1C[C@@H]2[C@H](CNS(=O)(=O)C3CC3)[C@H]3CC[C@]2(C1)O3.O=CO. The van der Waals surface area contributed by atoms with Crippen molar-refractivity contribution in [3.05, 3.63) is 17.0 Å². The van der Waals surface area contributed by atoms with Crippen LogP contribution in [0.15, 0.2) is 4.52 Å². The van der Waals surface area contributed by atoms with E-state index in [1.54, 1.807) is 0 Å². The molecule has 10 heteroatoms. The summed E-state index contributed by atoms with van der Waals surface area (Å²) in [7, 11) is -3.13. The average molecular weight is 428 g/mol. The molecule has 3 aliphatic heterocycles. The summed E-state index contributed by atoms with van der Waals surface area (Å²) in [5, 5.41) is 10.8. The molecule has 9 nitrogen and oxygen atoms in total. The van der Waals surface area contributed by atoms with Crippen LogP contribution in [0.5, 0.6) is 0 Å². The zero-order chi connectivity index (χ0) is 20.8. The molecule has 1 aliphatic carbocycles. The second-order valence-corrected chi connectivity index (χ2v) is 10.7. The van der Waals surface area contributed by atoms with Crippen LogP contribution >= 0.6 is 0 Å². The molecule has 0 amide bonds. The van der Waals surface area contributed by atoms with E-state index in [2.05, 4.69) is 14.8 Å². The zero-order valence-electron chi connectivity index (χ0n) is 16.8. The molecular weight excluding hydrogens is 398 g/mol. The highest BCUT2D eigenvalue weighted by Gasteiger charge is 2.62. The molecule has 162 valence electrons. The summed E-state index contributed by atoms with van der Waals surface area (Å²) in [6.45, 7) is 6.92. The predicted octanol–water partition coefficient (Wildman–Crippen LogP) is 1.05. The summed E-state index contributed by atoms with van der Waals surface area (Å²) in [5.74, 6) is 1.58. The van der Waals surface area contributed by atoms with E-state index < -0.39 is 10.0 Å². The van der Waals surface area contributed by atoms with Gasteiger partial charge in [0.15, 0.2) is 0 Å². The zero-order valence-corrected chi connectivity index (χ0v) is 17.7. The molecule has 2 bridgehead atoms. The molecule has 0 aromatic carbocycles. The summed E-state index contributed by atoms with van der Waals surface area (Å²) in [6.07, 6.45) is 3.96. The minimum atomic E-state index is -3.13. The van der Waals surface area contributed by atoms with Gasteiger partial charge in [-0.3, -0.25) is 9.69 Å². The van der Waals surface area contributed by atoms with Gasteiger partial charge in [0, 0.05) is 43.6 Å². The van der Waals surface area contributed by atoms with E-state index in [0.29, 0.717) is 12.5 Å². The van der Waals surface area contributed by atoms with Crippen molar-refractivity contribution in [2.75, 3.05) is 19.6 Å². The van der Waals surface area contributed by atoms with Crippen LogP contribution in [-0.2, 0) is 26.1 Å². The van der Waals surface area contributed by atoms with Gasteiger partial charge in [-0.25, -0.2) is 13.1 Å². The smallest absolute Gasteiger partial charge is 0.290 e. The van der Waals surface area contributed by atoms with Crippen LogP contribution in [0.3, 0.4) is 0 Å². The van der Waals surface area contributed by atoms with Gasteiger partial charge < -0.3 is 14.4 Å². The summed E-state index contributed by atoms with van der Waals surface area (Å²) >= 11 is 0. The Bertz CT molecular complexity index is 848. The highest BCUT2D eigenvalue weighted by Crippen LogP contribution is 2.55. The topological polar surface area (TPSA) is 122 Å². The molecule has 5 rings (SSSR count). The van der Waals surface area contributed by atoms with Gasteiger partial charge in [0.25, 0.3) is 6.47 Å². The number of carbonyl (C=O) groups is 1. The Morgan fingerprint density at radius 3 is 2.69 bits per heavy atom. The maximum Gasteiger partial charge on any atom is 0.290 e. The molecule has 1 spiro atoms. The molecule has 4 aliphatic rings. The van der Waals surface area contributed by atoms with Crippen LogP contribution in [0.2, 0.25) is 0 Å². The first kappa shape index (κ1) is 20.8. The minimum absolute atomic E-state index is 0.0840. The van der Waals surface area contributed by atoms with Crippen LogP contribution in [0.25, 0.3) is 0 Å². The van der Waals surface area contributed by atoms with E-state index in [-0.39, 0.29) is 29.3 Å². The third-order valence-corrected chi connectivity index (χ3v) is 8.82. The number of hydrogen-bond donors (Lipinski definition) is 2. The van der Waals surface area contributed by atoms with E-state index in [9.17, 15) is 8.42 Å². The van der Waals surface area contributed by atoms with Crippen molar-refractivity contribution in [3.63, 3.8) is 0 Å². The molecule has 1 saturated carbocycles. The van der Waals surface area contributed by atoms with Crippen LogP contribution in [0.1, 0.15) is 42.7 Å². The maximum atomic E-state index is 12.2. The maximum absolute atomic E-state index is 12.2. The third-order valence-electron chi connectivity index (χ3n) is 6.90. The average Bonchev–Trinajstić information content (AvgIpc) is 3.18. The molecule has 1 aromatic heterocycles. The minimum Gasteiger partial charge on any atom is -0.483 e. The van der Waals surface area contributed by atoms with E-state index in [1.165, 1.54) is 5.56 Å². The van der Waals surface area contributed by atoms with Crippen LogP contribution < -0.4 is 4.72 Å². The van der Waals surface area contributed by atoms with Crippen molar-refractivity contribution in [1.82, 2.24) is 14.8 Å². The van der Waals surface area contributed by atoms with Gasteiger partial charge in [0.05, 0.1) is 22.6 Å². The van der Waals surface area contributed by atoms with Crippen LogP contribution in [-0.4, -0.2) is 66.6 Å². The van der Waals surface area contributed by atoms with E-state index >= 15 is 0 Å². The fourth-order valence-electron chi connectivity index (χ4n) is 5.34. The highest BCUT2D eigenvalue weighted by molar-refractivity contribution is 7.90. The summed E-state index contributed by atoms with van der Waals surface area (Å²) in [5.41, 5.74) is 2.04. The van der Waals surface area contributed by atoms with Gasteiger partial charge in [-0.15, -0.1) is 0 Å². The summed E-state index contributed by atoms with van der Waals surface area (Å²) in [6, 6.07) is 0. The largest absolute Gasteiger partial charge is 0.483 e. The van der Waals surface area contributed by atoms with Crippen LogP contribution in [0.4, 0.5) is 0 Å². The first-order chi connectivity index (χ1) is 13.8. The molecule has 0 unspecified atom stereocenters. The van der Waals surface area contributed by atoms with Gasteiger partial charge in [-0.2, -0.15) is 0 Å². The van der Waals surface area contributed by atoms with Gasteiger partial charge in [-0.1, -0.05) is 5.16 Å². The van der Waals surface area contributed by atoms with Gasteiger partial charge in [-0.05, 0) is 39.5 Å². The van der Waals surface area contributed by atoms with E-state index in [0.717, 1.165) is 56.8 Å². The Balaban J connectivity index is 0.000000645. The molecule has 4 atom stereocenters. The number of aromatic nitrogens is 1. The fourth-order valence-corrected chi connectivity index (χ4v) is 6.76. The lowest BCUT2D eigenvalue weighted by Crippen LogP contribution is -2.42. The molecule has 0 radical (unpaired) electrons. The first-order valence-electron chi connectivity index (χ1n) is 10.2. The monoisotopic (exact) mass is 427 g/mol. The number of ether oxygens (including phenoxy) is 1. The van der Waals surface area contributed by atoms with Crippen molar-refractivity contribution in [1.29, 1.82) is 0 Å². The summed E-state index contributed by atoms with van der Waals surface area (Å²) in [4.78, 5) is 10.8. The van der Waals surface area contributed by atoms with Crippen molar-refractivity contribution in [2.24, 2.45) is 11.8 Å². The Hall–Kier alpha value is -1.49. The second kappa shape index (κ2) is 7.64. The summed E-state index contributed by atoms with van der Waals surface area (Å²) < 4.78 is 39.1. The molecule has 4 heterocycles. The lowest BCUT2D eigenvalue weighted by Gasteiger charge is -2.29. The molecular formula is C19H29N3O6S. The number of nitrogens with zero attached hydrogens (tertiary/aromatic N) is 2. The number of rotatable bonds is 6. The Kier molecular flexibility index (Phi) is 5.47. The molecule has 2 N–H and O–H groups in total. The standard InChI is InChI=1S/C18H27N3O4S.CH2O2/c1-11-15(12(2)25-20-11)8-21-9-16-14(7-19-26(22,23)13-3-4-13)17-5-6-18(16,10-21)24-17;2-1-3/h13-14,16-17,19H,3-10H2,1-2H3;1H,(H,2,3)/t14-,16+,17+,18+;/m0./s1. The lowest BCUT2D eigenvalue weighted by atomic mass is 9.74. The number of likely N-dealkylation sites (tertiary alicyclic amines) is 1. The Labute approximate surface area is 170 Å². The van der Waals surface area contributed by atoms with Crippen molar-refractivity contribution in [3.8, 4) is 0 Å². The molecule has 29 heavy (non-hydrogen) atoms. The number of fused-ring (bicyclic) bond motifs is 1. The first-order valence-corrected chi connectivity index (χ1v) is 11.7. The third kappa shape index (κ3) is 3.83. The second-order valence-electron chi connectivity index (χ2n) is 8.70. The van der Waals surface area contributed by atoms with Crippen molar-refractivity contribution in [2.45, 2.75) is 63.0 Å². The van der Waals surface area contributed by atoms with Gasteiger partial charge >= 0.3 is 0 Å². The highest BCUT2D eigenvalue weighted by atomic mass is 32.2. The number of hydrogen-bond acceptors (Lipinski definition) is 7. The normalized spacial score (nSPS) is 33.4. The number of sulfonamides is 1. The van der Waals surface area contributed by atoms with E-state index in [1.807, 2.05) is 13.8 Å². The molecule has 4 fully saturated rings. The fraction of sp³-hybridized carbons (Fsp3) is 0.789. The number of aryl methyl sites for hydroxylation is 2. The lowest BCUT2D eigenvalue weighted by molar-refractivity contribution is -0.122. The van der Waals surface area contributed by atoms with E-state index in [4.69, 9.17) is 19.2 Å². The number of carboxylic acid groups (broad SMARTS) is 1. The number of nitrogens with one attached hydrogen (secondary N) is 1. The Morgan fingerprint density at radius 2 is 2.07 bits per heavy atom. The quantitative estimate of drug-likeness (QED) is 0.646. The predicted molar refractivity (Wildman–Crippen MR) is 104 cm³/mol. The molecule has 1 aromatic rings. The molecule has 3 saturated heterocycles.